The van der Waals surface area contributed by atoms with E-state index in [2.05, 4.69) is 27.3 Å². The number of fused-ring (bicyclic) bond motifs is 2. The van der Waals surface area contributed by atoms with Gasteiger partial charge < -0.3 is 31.7 Å². The fourth-order valence-corrected chi connectivity index (χ4v) is 4.20. The van der Waals surface area contributed by atoms with E-state index in [1.807, 2.05) is 63.2 Å². The van der Waals surface area contributed by atoms with Crippen molar-refractivity contribution in [2.75, 3.05) is 32.1 Å². The molecular formula is C29H43N5O3. The minimum Gasteiger partial charge on any atom is -0.448 e. The number of Topliss-reactive ketones (excluding diaryl/α,β-unsaturated/α-hetero) is 1. The highest BCUT2D eigenvalue weighted by atomic mass is 16.5. The summed E-state index contributed by atoms with van der Waals surface area (Å²) in [6.07, 6.45) is 2.48. The highest BCUT2D eigenvalue weighted by Gasteiger charge is 2.18. The monoisotopic (exact) mass is 509 g/mol. The van der Waals surface area contributed by atoms with Gasteiger partial charge in [-0.15, -0.1) is 0 Å². The van der Waals surface area contributed by atoms with E-state index in [4.69, 9.17) is 10.5 Å². The molecule has 0 fully saturated rings. The average molecular weight is 510 g/mol. The SMILES string of the molecule is CC.CCC(=O)C(CCCCNC(=O)OCCN/C1=C(\N)c2ccccc2CNc2ccccc21)NC. The van der Waals surface area contributed by atoms with Crippen LogP contribution in [0.15, 0.2) is 48.5 Å². The highest BCUT2D eigenvalue weighted by molar-refractivity contribution is 5.93. The number of nitrogens with two attached hydrogens (primary N) is 1. The molecule has 0 saturated heterocycles. The number of alkyl carbamates (subject to hydrolysis) is 1. The molecule has 2 aromatic rings. The second-order valence-corrected chi connectivity index (χ2v) is 8.49. The summed E-state index contributed by atoms with van der Waals surface area (Å²) < 4.78 is 5.33. The number of benzene rings is 2. The fourth-order valence-electron chi connectivity index (χ4n) is 4.20. The predicted molar refractivity (Wildman–Crippen MR) is 152 cm³/mol. The molecule has 6 N–H and O–H groups in total. The molecule has 1 aliphatic heterocycles. The molecule has 8 nitrogen and oxygen atoms in total. The molecule has 0 spiro atoms. The normalized spacial score (nSPS) is 14.8. The van der Waals surface area contributed by atoms with Crippen molar-refractivity contribution in [3.8, 4) is 0 Å². The number of nitrogens with one attached hydrogen (secondary N) is 4. The maximum Gasteiger partial charge on any atom is 0.407 e. The van der Waals surface area contributed by atoms with Gasteiger partial charge in [-0.2, -0.15) is 0 Å². The van der Waals surface area contributed by atoms with Gasteiger partial charge in [0.25, 0.3) is 0 Å². The first-order valence-corrected chi connectivity index (χ1v) is 13.3. The summed E-state index contributed by atoms with van der Waals surface area (Å²) in [5, 5.41) is 12.7. The maximum absolute atomic E-state index is 12.1. The summed E-state index contributed by atoms with van der Waals surface area (Å²) in [6, 6.07) is 16.0. The van der Waals surface area contributed by atoms with Crippen LogP contribution in [-0.4, -0.2) is 44.7 Å². The number of carbonyl (C=O) groups excluding carboxylic acids is 2. The van der Waals surface area contributed by atoms with Gasteiger partial charge in [0.15, 0.2) is 0 Å². The van der Waals surface area contributed by atoms with Crippen LogP contribution in [0, 0.1) is 0 Å². The van der Waals surface area contributed by atoms with Crippen LogP contribution in [-0.2, 0) is 16.1 Å². The molecule has 8 heteroatoms. The zero-order valence-electron chi connectivity index (χ0n) is 22.7. The number of ketones is 1. The molecule has 0 saturated carbocycles. The number of para-hydroxylation sites is 1. The topological polar surface area (TPSA) is 118 Å². The number of anilines is 1. The van der Waals surface area contributed by atoms with Gasteiger partial charge >= 0.3 is 6.09 Å². The Labute approximate surface area is 221 Å². The van der Waals surface area contributed by atoms with E-state index in [-0.39, 0.29) is 18.4 Å². The summed E-state index contributed by atoms with van der Waals surface area (Å²) >= 11 is 0. The number of hydrogen-bond acceptors (Lipinski definition) is 7. The van der Waals surface area contributed by atoms with Crippen LogP contribution < -0.4 is 27.0 Å². The van der Waals surface area contributed by atoms with Crippen LogP contribution in [0.4, 0.5) is 10.5 Å². The predicted octanol–water partition coefficient (Wildman–Crippen LogP) is 4.48. The van der Waals surface area contributed by atoms with E-state index >= 15 is 0 Å². The lowest BCUT2D eigenvalue weighted by Crippen LogP contribution is -2.34. The Balaban J connectivity index is 0.00000235. The van der Waals surface area contributed by atoms with Crippen LogP contribution in [0.5, 0.6) is 0 Å². The second kappa shape index (κ2) is 16.3. The van der Waals surface area contributed by atoms with E-state index < -0.39 is 6.09 Å². The van der Waals surface area contributed by atoms with Gasteiger partial charge in [0, 0.05) is 42.9 Å². The highest BCUT2D eigenvalue weighted by Crippen LogP contribution is 2.31. The van der Waals surface area contributed by atoms with Crippen molar-refractivity contribution in [2.24, 2.45) is 5.73 Å². The molecule has 0 radical (unpaired) electrons. The van der Waals surface area contributed by atoms with Crippen molar-refractivity contribution in [3.05, 3.63) is 65.2 Å². The molecule has 1 heterocycles. The standard InChI is InChI=1S/C27H37N5O3.C2H6/c1-3-24(33)23(29-2)14-8-9-15-31-27(34)35-17-16-30-26-21-12-6-7-13-22(21)32-18-19-10-4-5-11-20(19)25(26)28;1-2/h4-7,10-13,23,29-30,32H,3,8-9,14-18,28H2,1-2H3,(H,31,34);1-2H3/b26-25-;. The molecular weight excluding hydrogens is 466 g/mol. The van der Waals surface area contributed by atoms with Gasteiger partial charge in [0.1, 0.15) is 12.4 Å². The molecule has 0 aliphatic carbocycles. The van der Waals surface area contributed by atoms with Crippen LogP contribution >= 0.6 is 0 Å². The number of likely N-dealkylation sites (N-methyl/N-ethyl adjacent to an activating group) is 1. The van der Waals surface area contributed by atoms with Crippen molar-refractivity contribution < 1.29 is 14.3 Å². The largest absolute Gasteiger partial charge is 0.448 e. The van der Waals surface area contributed by atoms with Gasteiger partial charge in [0.05, 0.1) is 17.4 Å². The third kappa shape index (κ3) is 8.82. The van der Waals surface area contributed by atoms with Crippen LogP contribution in [0.2, 0.25) is 0 Å². The number of hydrogen-bond donors (Lipinski definition) is 5. The Bertz CT molecular complexity index is 1040. The van der Waals surface area contributed by atoms with Crippen molar-refractivity contribution in [2.45, 2.75) is 59.0 Å². The molecule has 0 bridgehead atoms. The Kier molecular flexibility index (Phi) is 13.1. The lowest BCUT2D eigenvalue weighted by Gasteiger charge is -2.23. The number of carbonyl (C=O) groups is 2. The van der Waals surface area contributed by atoms with E-state index in [1.54, 1.807) is 7.05 Å². The summed E-state index contributed by atoms with van der Waals surface area (Å²) in [6.45, 7) is 7.69. The first-order valence-electron chi connectivity index (χ1n) is 13.3. The third-order valence-corrected chi connectivity index (χ3v) is 6.15. The summed E-state index contributed by atoms with van der Waals surface area (Å²) in [4.78, 5) is 23.8. The summed E-state index contributed by atoms with van der Waals surface area (Å²) in [5.41, 5.74) is 12.2. The quantitative estimate of drug-likeness (QED) is 0.268. The Morgan fingerprint density at radius 3 is 2.46 bits per heavy atom. The van der Waals surface area contributed by atoms with Gasteiger partial charge in [0.2, 0.25) is 0 Å². The lowest BCUT2D eigenvalue weighted by atomic mass is 9.97. The fraction of sp³-hybridized carbons (Fsp3) is 0.448. The first kappa shape index (κ1) is 29.7. The number of rotatable bonds is 12. The Hall–Kier alpha value is -3.52. The van der Waals surface area contributed by atoms with E-state index in [0.717, 1.165) is 47.3 Å². The maximum atomic E-state index is 12.1. The molecule has 3 rings (SSSR count). The molecule has 37 heavy (non-hydrogen) atoms. The first-order chi connectivity index (χ1) is 18.0. The van der Waals surface area contributed by atoms with Crippen molar-refractivity contribution >= 4 is 29.0 Å². The Morgan fingerprint density at radius 1 is 1.03 bits per heavy atom. The van der Waals surface area contributed by atoms with Gasteiger partial charge in [-0.05, 0) is 37.9 Å². The molecule has 0 aromatic heterocycles. The lowest BCUT2D eigenvalue weighted by molar-refractivity contribution is -0.120. The summed E-state index contributed by atoms with van der Waals surface area (Å²) in [7, 11) is 1.80. The molecule has 1 aliphatic rings. The Morgan fingerprint density at radius 2 is 1.73 bits per heavy atom. The third-order valence-electron chi connectivity index (χ3n) is 6.15. The van der Waals surface area contributed by atoms with Crippen LogP contribution in [0.25, 0.3) is 11.4 Å². The molecule has 1 amide bonds. The van der Waals surface area contributed by atoms with Gasteiger partial charge in [-0.1, -0.05) is 63.2 Å². The molecule has 2 aromatic carbocycles. The van der Waals surface area contributed by atoms with E-state index in [1.165, 1.54) is 0 Å². The number of amides is 1. The van der Waals surface area contributed by atoms with Crippen molar-refractivity contribution in [1.29, 1.82) is 0 Å². The van der Waals surface area contributed by atoms with Crippen LogP contribution in [0.1, 0.15) is 63.1 Å². The zero-order chi connectivity index (χ0) is 27.0. The van der Waals surface area contributed by atoms with Gasteiger partial charge in [-0.3, -0.25) is 4.79 Å². The van der Waals surface area contributed by atoms with Crippen molar-refractivity contribution in [3.63, 3.8) is 0 Å². The zero-order valence-corrected chi connectivity index (χ0v) is 22.7. The van der Waals surface area contributed by atoms with Gasteiger partial charge in [-0.25, -0.2) is 4.79 Å². The van der Waals surface area contributed by atoms with E-state index in [9.17, 15) is 9.59 Å². The second-order valence-electron chi connectivity index (χ2n) is 8.49. The minimum atomic E-state index is -0.450. The number of ether oxygens (including phenoxy) is 1. The molecule has 1 unspecified atom stereocenters. The minimum absolute atomic E-state index is 0.111. The van der Waals surface area contributed by atoms with Crippen LogP contribution in [0.3, 0.4) is 0 Å². The smallest absolute Gasteiger partial charge is 0.407 e. The average Bonchev–Trinajstić information content (AvgIpc) is 2.94. The number of unbranched alkanes of at least 4 members (excludes halogenated alkanes) is 1. The van der Waals surface area contributed by atoms with Crippen molar-refractivity contribution in [1.82, 2.24) is 16.0 Å². The molecule has 1 atom stereocenters. The van der Waals surface area contributed by atoms with E-state index in [0.29, 0.717) is 31.8 Å². The molecule has 202 valence electrons. The summed E-state index contributed by atoms with van der Waals surface area (Å²) in [5.74, 6) is 0.217.